The van der Waals surface area contributed by atoms with Gasteiger partial charge in [0, 0.05) is 10.3 Å². The minimum absolute atomic E-state index is 0.00336. The van der Waals surface area contributed by atoms with Crippen LogP contribution < -0.4 is 5.32 Å². The second-order valence-corrected chi connectivity index (χ2v) is 8.61. The van der Waals surface area contributed by atoms with E-state index in [4.69, 9.17) is 0 Å². The number of thiophene rings is 1. The molecule has 0 saturated carbocycles. The quantitative estimate of drug-likeness (QED) is 0.519. The molecule has 2 aromatic heterocycles. The number of thioether (sulfide) groups is 1. The monoisotopic (exact) mass is 383 g/mol. The number of carbonyl (C=O) groups excluding carboxylic acids is 1. The van der Waals surface area contributed by atoms with Crippen molar-refractivity contribution in [1.82, 2.24) is 15.3 Å². The molecule has 0 bridgehead atoms. The summed E-state index contributed by atoms with van der Waals surface area (Å²) in [4.78, 5) is 23.8. The molecule has 134 valence electrons. The Balaban J connectivity index is 1.46. The average Bonchev–Trinajstić information content (AvgIpc) is 3.06. The third kappa shape index (κ3) is 3.62. The van der Waals surface area contributed by atoms with Crippen LogP contribution in [0.4, 0.5) is 0 Å². The summed E-state index contributed by atoms with van der Waals surface area (Å²) >= 11 is 3.31. The van der Waals surface area contributed by atoms with Gasteiger partial charge in [-0.2, -0.15) is 0 Å². The van der Waals surface area contributed by atoms with Crippen molar-refractivity contribution in [3.05, 3.63) is 52.7 Å². The lowest BCUT2D eigenvalue weighted by Crippen LogP contribution is -2.28. The molecule has 0 radical (unpaired) electrons. The fourth-order valence-corrected chi connectivity index (χ4v) is 5.54. The number of fused-ring (bicyclic) bond motifs is 3. The van der Waals surface area contributed by atoms with E-state index in [2.05, 4.69) is 15.3 Å². The summed E-state index contributed by atoms with van der Waals surface area (Å²) in [6.45, 7) is 2.01. The summed E-state index contributed by atoms with van der Waals surface area (Å²) in [6, 6.07) is 10.0. The van der Waals surface area contributed by atoms with Gasteiger partial charge in [0.1, 0.15) is 16.2 Å². The van der Waals surface area contributed by atoms with Gasteiger partial charge in [-0.15, -0.1) is 11.3 Å². The molecule has 26 heavy (non-hydrogen) atoms. The Labute approximate surface area is 161 Å². The van der Waals surface area contributed by atoms with Gasteiger partial charge in [0.15, 0.2) is 0 Å². The van der Waals surface area contributed by atoms with Gasteiger partial charge in [-0.05, 0) is 43.7 Å². The van der Waals surface area contributed by atoms with E-state index in [0.29, 0.717) is 5.75 Å². The molecular weight excluding hydrogens is 362 g/mol. The summed E-state index contributed by atoms with van der Waals surface area (Å²) in [7, 11) is 0. The zero-order chi connectivity index (χ0) is 17.9. The Morgan fingerprint density at radius 1 is 1.23 bits per heavy atom. The second-order valence-electron chi connectivity index (χ2n) is 6.56. The van der Waals surface area contributed by atoms with Crippen molar-refractivity contribution in [2.75, 3.05) is 5.75 Å². The molecule has 3 aromatic rings. The van der Waals surface area contributed by atoms with Crippen molar-refractivity contribution in [3.8, 4) is 0 Å². The Hall–Kier alpha value is -1.92. The van der Waals surface area contributed by atoms with Crippen LogP contribution in [0.3, 0.4) is 0 Å². The van der Waals surface area contributed by atoms with Crippen LogP contribution >= 0.6 is 23.1 Å². The van der Waals surface area contributed by atoms with Gasteiger partial charge in [0.2, 0.25) is 5.91 Å². The first kappa shape index (κ1) is 17.5. The molecule has 4 nitrogen and oxygen atoms in total. The van der Waals surface area contributed by atoms with E-state index in [0.717, 1.165) is 28.3 Å². The van der Waals surface area contributed by atoms with Gasteiger partial charge in [0.25, 0.3) is 0 Å². The molecule has 1 aliphatic carbocycles. The molecule has 1 N–H and O–H groups in total. The van der Waals surface area contributed by atoms with Gasteiger partial charge in [-0.25, -0.2) is 9.97 Å². The van der Waals surface area contributed by atoms with E-state index in [9.17, 15) is 4.79 Å². The standard InChI is InChI=1S/C20H21N3OS2/c1-13(14-7-3-2-4-8-14)23-17(24)11-25-19-18-15-9-5-6-10-16(15)26-20(18)22-12-21-19/h2-4,7-8,12-13H,5-6,9-11H2,1H3,(H,23,24). The number of amides is 1. The van der Waals surface area contributed by atoms with Crippen LogP contribution in [-0.2, 0) is 17.6 Å². The topological polar surface area (TPSA) is 54.9 Å². The highest BCUT2D eigenvalue weighted by Gasteiger charge is 2.20. The number of hydrogen-bond donors (Lipinski definition) is 1. The van der Waals surface area contributed by atoms with Crippen LogP contribution in [-0.4, -0.2) is 21.6 Å². The minimum Gasteiger partial charge on any atom is -0.349 e. The van der Waals surface area contributed by atoms with E-state index in [1.54, 1.807) is 17.7 Å². The number of rotatable bonds is 5. The smallest absolute Gasteiger partial charge is 0.230 e. The Bertz CT molecular complexity index is 923. The maximum absolute atomic E-state index is 12.4. The van der Waals surface area contributed by atoms with Crippen LogP contribution in [0.1, 0.15) is 41.8 Å². The highest BCUT2D eigenvalue weighted by atomic mass is 32.2. The maximum atomic E-state index is 12.4. The summed E-state index contributed by atoms with van der Waals surface area (Å²) in [6.07, 6.45) is 6.36. The van der Waals surface area contributed by atoms with Crippen molar-refractivity contribution in [2.24, 2.45) is 0 Å². The minimum atomic E-state index is 0.00336. The molecule has 1 atom stereocenters. The first-order valence-electron chi connectivity index (χ1n) is 8.94. The second kappa shape index (κ2) is 7.76. The van der Waals surface area contributed by atoms with Crippen molar-refractivity contribution >= 4 is 39.2 Å². The molecule has 0 fully saturated rings. The first-order chi connectivity index (χ1) is 12.7. The Morgan fingerprint density at radius 3 is 2.88 bits per heavy atom. The summed E-state index contributed by atoms with van der Waals surface area (Å²) in [5, 5.41) is 5.19. The summed E-state index contributed by atoms with van der Waals surface area (Å²) < 4.78 is 0. The number of benzene rings is 1. The highest BCUT2D eigenvalue weighted by Crippen LogP contribution is 2.39. The van der Waals surface area contributed by atoms with Crippen LogP contribution in [0.2, 0.25) is 0 Å². The van der Waals surface area contributed by atoms with E-state index in [1.807, 2.05) is 37.3 Å². The van der Waals surface area contributed by atoms with Gasteiger partial charge < -0.3 is 5.32 Å². The van der Waals surface area contributed by atoms with E-state index in [-0.39, 0.29) is 11.9 Å². The van der Waals surface area contributed by atoms with E-state index < -0.39 is 0 Å². The number of nitrogens with zero attached hydrogens (tertiary/aromatic N) is 2. The zero-order valence-corrected chi connectivity index (χ0v) is 16.3. The highest BCUT2D eigenvalue weighted by molar-refractivity contribution is 8.00. The fourth-order valence-electron chi connectivity index (χ4n) is 3.41. The fraction of sp³-hybridized carbons (Fsp3) is 0.350. The zero-order valence-electron chi connectivity index (χ0n) is 14.7. The summed E-state index contributed by atoms with van der Waals surface area (Å²) in [5.74, 6) is 0.399. The van der Waals surface area contributed by atoms with Crippen LogP contribution in [0.15, 0.2) is 41.7 Å². The maximum Gasteiger partial charge on any atom is 0.230 e. The molecule has 2 heterocycles. The predicted octanol–water partition coefficient (Wildman–Crippen LogP) is 4.54. The lowest BCUT2D eigenvalue weighted by Gasteiger charge is -2.14. The summed E-state index contributed by atoms with van der Waals surface area (Å²) in [5.41, 5.74) is 2.53. The number of aromatic nitrogens is 2. The van der Waals surface area contributed by atoms with E-state index >= 15 is 0 Å². The van der Waals surface area contributed by atoms with Gasteiger partial charge in [-0.1, -0.05) is 42.1 Å². The normalized spacial score (nSPS) is 14.8. The molecule has 0 saturated heterocycles. The van der Waals surface area contributed by atoms with Crippen molar-refractivity contribution in [2.45, 2.75) is 43.7 Å². The third-order valence-electron chi connectivity index (χ3n) is 4.73. The van der Waals surface area contributed by atoms with E-state index in [1.165, 1.54) is 40.4 Å². The van der Waals surface area contributed by atoms with Crippen molar-refractivity contribution < 1.29 is 4.79 Å². The molecule has 6 heteroatoms. The van der Waals surface area contributed by atoms with Crippen LogP contribution in [0.25, 0.3) is 10.2 Å². The first-order valence-corrected chi connectivity index (χ1v) is 10.7. The van der Waals surface area contributed by atoms with Gasteiger partial charge in [0.05, 0.1) is 11.8 Å². The number of hydrogen-bond acceptors (Lipinski definition) is 5. The van der Waals surface area contributed by atoms with Crippen molar-refractivity contribution in [1.29, 1.82) is 0 Å². The number of aryl methyl sites for hydroxylation is 2. The Kier molecular flexibility index (Phi) is 5.22. The van der Waals surface area contributed by atoms with Crippen LogP contribution in [0, 0.1) is 0 Å². The lowest BCUT2D eigenvalue weighted by atomic mass is 9.97. The molecule has 4 rings (SSSR count). The molecule has 1 unspecified atom stereocenters. The van der Waals surface area contributed by atoms with Crippen LogP contribution in [0.5, 0.6) is 0 Å². The molecular formula is C20H21N3OS2. The molecule has 1 aromatic carbocycles. The Morgan fingerprint density at radius 2 is 2.04 bits per heavy atom. The molecule has 0 aliphatic heterocycles. The third-order valence-corrected chi connectivity index (χ3v) is 6.92. The lowest BCUT2D eigenvalue weighted by molar-refractivity contribution is -0.119. The average molecular weight is 384 g/mol. The SMILES string of the molecule is CC(NC(=O)CSc1ncnc2sc3c(c12)CCCC3)c1ccccc1. The molecule has 0 spiro atoms. The predicted molar refractivity (Wildman–Crippen MR) is 108 cm³/mol. The van der Waals surface area contributed by atoms with Crippen molar-refractivity contribution in [3.63, 3.8) is 0 Å². The van der Waals surface area contributed by atoms with Gasteiger partial charge >= 0.3 is 0 Å². The largest absolute Gasteiger partial charge is 0.349 e. The molecule has 1 aliphatic rings. The molecule has 1 amide bonds. The van der Waals surface area contributed by atoms with Gasteiger partial charge in [-0.3, -0.25) is 4.79 Å². The number of carbonyl (C=O) groups is 1. The number of nitrogens with one attached hydrogen (secondary N) is 1.